The number of rotatable bonds is 8. The Kier molecular flexibility index (Phi) is 6.08. The number of aliphatic carboxylic acids is 1. The van der Waals surface area contributed by atoms with Gasteiger partial charge >= 0.3 is 12.0 Å². The topological polar surface area (TPSA) is 78.9 Å². The molecule has 0 radical (unpaired) electrons. The molecule has 6 heteroatoms. The van der Waals surface area contributed by atoms with Crippen LogP contribution in [0.15, 0.2) is 0 Å². The fourth-order valence-electron chi connectivity index (χ4n) is 1.93. The van der Waals surface area contributed by atoms with E-state index in [-0.39, 0.29) is 24.5 Å². The maximum atomic E-state index is 12.0. The molecule has 0 heterocycles. The molecule has 1 atom stereocenters. The number of hydrogen-bond donors (Lipinski definition) is 2. The second-order valence-corrected chi connectivity index (χ2v) is 5.29. The molecule has 2 amide bonds. The van der Waals surface area contributed by atoms with Crippen LogP contribution in [0.2, 0.25) is 0 Å². The second-order valence-electron chi connectivity index (χ2n) is 5.29. The quantitative estimate of drug-likeness (QED) is 0.695. The van der Waals surface area contributed by atoms with Gasteiger partial charge in [-0.1, -0.05) is 13.8 Å². The molecule has 0 aromatic carbocycles. The van der Waals surface area contributed by atoms with Crippen molar-refractivity contribution in [2.45, 2.75) is 32.7 Å². The Bertz CT molecular complexity index is 316. The standard InChI is InChI=1S/C13H24N2O4/c1-9(2)11(12(16)17)8-14-13(18)15(6-7-19-3)10-4-5-10/h9-11H,4-8H2,1-3H3,(H,14,18)(H,16,17). The zero-order chi connectivity index (χ0) is 14.4. The molecule has 2 N–H and O–H groups in total. The third-order valence-corrected chi connectivity index (χ3v) is 3.38. The van der Waals surface area contributed by atoms with Crippen LogP contribution in [0.4, 0.5) is 4.79 Å². The van der Waals surface area contributed by atoms with Crippen molar-refractivity contribution < 1.29 is 19.4 Å². The number of nitrogens with zero attached hydrogens (tertiary/aromatic N) is 1. The van der Waals surface area contributed by atoms with E-state index >= 15 is 0 Å². The van der Waals surface area contributed by atoms with Crippen LogP contribution in [0.3, 0.4) is 0 Å². The number of amides is 2. The van der Waals surface area contributed by atoms with Gasteiger partial charge in [0.1, 0.15) is 0 Å². The van der Waals surface area contributed by atoms with E-state index in [0.717, 1.165) is 12.8 Å². The van der Waals surface area contributed by atoms with E-state index < -0.39 is 11.9 Å². The SMILES string of the molecule is COCCN(C(=O)NCC(C(=O)O)C(C)C)C1CC1. The highest BCUT2D eigenvalue weighted by Gasteiger charge is 2.33. The number of urea groups is 1. The number of methoxy groups -OCH3 is 1. The van der Waals surface area contributed by atoms with Gasteiger partial charge in [0.15, 0.2) is 0 Å². The average molecular weight is 272 g/mol. The van der Waals surface area contributed by atoms with Crippen LogP contribution < -0.4 is 5.32 Å². The summed E-state index contributed by atoms with van der Waals surface area (Å²) >= 11 is 0. The molecule has 1 rings (SSSR count). The summed E-state index contributed by atoms with van der Waals surface area (Å²) < 4.78 is 4.99. The number of carbonyl (C=O) groups is 2. The van der Waals surface area contributed by atoms with E-state index in [1.165, 1.54) is 0 Å². The van der Waals surface area contributed by atoms with Crippen LogP contribution in [0.25, 0.3) is 0 Å². The molecular formula is C13H24N2O4. The lowest BCUT2D eigenvalue weighted by Crippen LogP contribution is -2.46. The summed E-state index contributed by atoms with van der Waals surface area (Å²) in [5, 5.41) is 11.8. The Labute approximate surface area is 114 Å². The molecule has 0 spiro atoms. The number of hydrogen-bond acceptors (Lipinski definition) is 3. The molecule has 0 aliphatic heterocycles. The van der Waals surface area contributed by atoms with Crippen LogP contribution >= 0.6 is 0 Å². The highest BCUT2D eigenvalue weighted by atomic mass is 16.5. The molecular weight excluding hydrogens is 248 g/mol. The minimum absolute atomic E-state index is 0.00819. The average Bonchev–Trinajstić information content (AvgIpc) is 3.13. The molecule has 0 bridgehead atoms. The normalized spacial score (nSPS) is 16.2. The van der Waals surface area contributed by atoms with Crippen molar-refractivity contribution in [1.82, 2.24) is 10.2 Å². The predicted molar refractivity (Wildman–Crippen MR) is 71.0 cm³/mol. The number of carboxylic acids is 1. The summed E-state index contributed by atoms with van der Waals surface area (Å²) in [7, 11) is 1.60. The van der Waals surface area contributed by atoms with Crippen molar-refractivity contribution >= 4 is 12.0 Å². The van der Waals surface area contributed by atoms with Crippen molar-refractivity contribution in [2.75, 3.05) is 26.8 Å². The highest BCUT2D eigenvalue weighted by Crippen LogP contribution is 2.26. The summed E-state index contributed by atoms with van der Waals surface area (Å²) in [5.74, 6) is -1.43. The van der Waals surface area contributed by atoms with Gasteiger partial charge in [-0.3, -0.25) is 4.79 Å². The second kappa shape index (κ2) is 7.33. The first-order valence-corrected chi connectivity index (χ1v) is 6.73. The van der Waals surface area contributed by atoms with E-state index in [4.69, 9.17) is 9.84 Å². The Balaban J connectivity index is 2.44. The summed E-state index contributed by atoms with van der Waals surface area (Å²) in [6.45, 7) is 4.90. The third-order valence-electron chi connectivity index (χ3n) is 3.38. The summed E-state index contributed by atoms with van der Waals surface area (Å²) in [5.41, 5.74) is 0. The predicted octanol–water partition coefficient (Wildman–Crippen LogP) is 1.16. The Hall–Kier alpha value is -1.30. The van der Waals surface area contributed by atoms with E-state index in [1.54, 1.807) is 12.0 Å². The van der Waals surface area contributed by atoms with Crippen molar-refractivity contribution in [3.05, 3.63) is 0 Å². The van der Waals surface area contributed by atoms with E-state index in [9.17, 15) is 9.59 Å². The van der Waals surface area contributed by atoms with Gasteiger partial charge in [-0.2, -0.15) is 0 Å². The van der Waals surface area contributed by atoms with Gasteiger partial charge in [0, 0.05) is 26.2 Å². The van der Waals surface area contributed by atoms with Gasteiger partial charge in [0.05, 0.1) is 12.5 Å². The minimum Gasteiger partial charge on any atom is -0.481 e. The van der Waals surface area contributed by atoms with Crippen LogP contribution in [0.1, 0.15) is 26.7 Å². The van der Waals surface area contributed by atoms with Crippen LogP contribution in [0, 0.1) is 11.8 Å². The molecule has 1 aliphatic carbocycles. The molecule has 1 saturated carbocycles. The number of ether oxygens (including phenoxy) is 1. The van der Waals surface area contributed by atoms with Crippen LogP contribution in [-0.4, -0.2) is 54.9 Å². The summed E-state index contributed by atoms with van der Waals surface area (Å²) in [6, 6.07) is 0.101. The lowest BCUT2D eigenvalue weighted by atomic mass is 9.96. The lowest BCUT2D eigenvalue weighted by Gasteiger charge is -2.24. The number of carboxylic acid groups (broad SMARTS) is 1. The fraction of sp³-hybridized carbons (Fsp3) is 0.846. The monoisotopic (exact) mass is 272 g/mol. The molecule has 19 heavy (non-hydrogen) atoms. The van der Waals surface area contributed by atoms with Gasteiger partial charge in [0.2, 0.25) is 0 Å². The van der Waals surface area contributed by atoms with Gasteiger partial charge < -0.3 is 20.1 Å². The minimum atomic E-state index is -0.870. The molecule has 0 aromatic heterocycles. The van der Waals surface area contributed by atoms with E-state index in [2.05, 4.69) is 5.32 Å². The molecule has 1 aliphatic rings. The maximum absolute atomic E-state index is 12.0. The maximum Gasteiger partial charge on any atom is 0.317 e. The smallest absolute Gasteiger partial charge is 0.317 e. The first-order chi connectivity index (χ1) is 8.97. The Morgan fingerprint density at radius 1 is 1.42 bits per heavy atom. The molecule has 1 unspecified atom stereocenters. The highest BCUT2D eigenvalue weighted by molar-refractivity contribution is 5.76. The fourth-order valence-corrected chi connectivity index (χ4v) is 1.93. The number of carbonyl (C=O) groups excluding carboxylic acids is 1. The Morgan fingerprint density at radius 2 is 2.05 bits per heavy atom. The third kappa shape index (κ3) is 5.06. The molecule has 0 saturated heterocycles. The van der Waals surface area contributed by atoms with Crippen molar-refractivity contribution in [2.24, 2.45) is 11.8 Å². The Morgan fingerprint density at radius 3 is 2.47 bits per heavy atom. The van der Waals surface area contributed by atoms with E-state index in [1.807, 2.05) is 13.8 Å². The van der Waals surface area contributed by atoms with Gasteiger partial charge in [-0.15, -0.1) is 0 Å². The summed E-state index contributed by atoms with van der Waals surface area (Å²) in [6.07, 6.45) is 2.04. The van der Waals surface area contributed by atoms with Crippen molar-refractivity contribution in [1.29, 1.82) is 0 Å². The van der Waals surface area contributed by atoms with Gasteiger partial charge in [0.25, 0.3) is 0 Å². The zero-order valence-corrected chi connectivity index (χ0v) is 11.9. The van der Waals surface area contributed by atoms with Crippen LogP contribution in [0.5, 0.6) is 0 Å². The van der Waals surface area contributed by atoms with Gasteiger partial charge in [-0.25, -0.2) is 4.79 Å². The molecule has 1 fully saturated rings. The zero-order valence-electron chi connectivity index (χ0n) is 11.9. The van der Waals surface area contributed by atoms with E-state index in [0.29, 0.717) is 13.2 Å². The van der Waals surface area contributed by atoms with Gasteiger partial charge in [-0.05, 0) is 18.8 Å². The number of nitrogens with one attached hydrogen (secondary N) is 1. The van der Waals surface area contributed by atoms with Crippen molar-refractivity contribution in [3.63, 3.8) is 0 Å². The van der Waals surface area contributed by atoms with Crippen LogP contribution in [-0.2, 0) is 9.53 Å². The first kappa shape index (κ1) is 15.8. The lowest BCUT2D eigenvalue weighted by molar-refractivity contribution is -0.142. The molecule has 0 aromatic rings. The summed E-state index contributed by atoms with van der Waals surface area (Å²) in [4.78, 5) is 24.8. The molecule has 6 nitrogen and oxygen atoms in total. The first-order valence-electron chi connectivity index (χ1n) is 6.73. The van der Waals surface area contributed by atoms with Crippen molar-refractivity contribution in [3.8, 4) is 0 Å². The molecule has 110 valence electrons. The largest absolute Gasteiger partial charge is 0.481 e.